The van der Waals surface area contributed by atoms with Crippen LogP contribution in [-0.2, 0) is 0 Å². The summed E-state index contributed by atoms with van der Waals surface area (Å²) in [5, 5.41) is 3.10. The molecule has 0 spiro atoms. The average Bonchev–Trinajstić information content (AvgIpc) is 0.990. The standard InChI is InChI=1S/C20H13ClN2.C16H11ClN2.C15H10ClN3.C14H9BrN2.C10H7BrN2/c21-20-22-13-18(19(23-20)15-8-2-1-3-9-15)17-12-6-10-14-7-4-5-11-16(14)17;17-16-18-14(12-7-3-1-4-8-12)11-15(19-16)13-9-5-2-6-10-13;16-15-18-13(11-7-3-1-4-8-11)17-14(19-15)12-9-5-2-6-10-12;15-12-7-14-13(17-9-12)6-11(8-16-14)10-4-2-1-3-5-10;11-8-4-5-10(13-7-8)9-3-1-2-6-12-9/h1-13H;1-11H;1-10H;1-9H;1-7H. The van der Waals surface area contributed by atoms with Gasteiger partial charge in [-0.25, -0.2) is 24.9 Å². The lowest BCUT2D eigenvalue weighted by Crippen LogP contribution is -1.96. The predicted molar refractivity (Wildman–Crippen MR) is 377 cm³/mol. The molecule has 91 heavy (non-hydrogen) atoms. The van der Waals surface area contributed by atoms with Crippen molar-refractivity contribution in [3.8, 4) is 90.2 Å². The smallest absolute Gasteiger partial charge is 0.226 e. The molecule has 7 aromatic heterocycles. The van der Waals surface area contributed by atoms with Crippen LogP contribution in [0, 0.1) is 0 Å². The first-order valence-electron chi connectivity index (χ1n) is 28.4. The second-order valence-electron chi connectivity index (χ2n) is 19.8. The van der Waals surface area contributed by atoms with Crippen molar-refractivity contribution in [2.24, 2.45) is 0 Å². The van der Waals surface area contributed by atoms with Gasteiger partial charge in [0.2, 0.25) is 15.9 Å². The van der Waals surface area contributed by atoms with E-state index >= 15 is 0 Å². The number of rotatable bonds is 8. The molecular formula is C75H50Br2Cl3N11. The number of benzene rings is 8. The molecule has 15 aromatic rings. The van der Waals surface area contributed by atoms with E-state index in [1.807, 2.05) is 231 Å². The minimum atomic E-state index is 0.202. The highest BCUT2D eigenvalue weighted by atomic mass is 79.9. The summed E-state index contributed by atoms with van der Waals surface area (Å²) in [7, 11) is 0. The van der Waals surface area contributed by atoms with Crippen molar-refractivity contribution in [2.45, 2.75) is 0 Å². The van der Waals surface area contributed by atoms with Crippen LogP contribution in [0.3, 0.4) is 0 Å². The van der Waals surface area contributed by atoms with Crippen LogP contribution in [0.1, 0.15) is 0 Å². The van der Waals surface area contributed by atoms with Crippen LogP contribution < -0.4 is 0 Å². The summed E-state index contributed by atoms with van der Waals surface area (Å²) in [6, 6.07) is 89.8. The number of pyridine rings is 4. The maximum absolute atomic E-state index is 6.05. The van der Waals surface area contributed by atoms with Crippen LogP contribution in [0.25, 0.3) is 112 Å². The lowest BCUT2D eigenvalue weighted by Gasteiger charge is -2.11. The second kappa shape index (κ2) is 31.4. The monoisotopic (exact) mass is 1370 g/mol. The Morgan fingerprint density at radius 3 is 1.32 bits per heavy atom. The Morgan fingerprint density at radius 2 is 0.747 bits per heavy atom. The molecule has 15 rings (SSSR count). The molecule has 0 saturated heterocycles. The molecule has 7 heterocycles. The first-order chi connectivity index (χ1) is 44.7. The number of fused-ring (bicyclic) bond motifs is 2. The number of nitrogens with zero attached hydrogens (tertiary/aromatic N) is 11. The van der Waals surface area contributed by atoms with E-state index in [0.717, 1.165) is 98.5 Å². The van der Waals surface area contributed by atoms with Crippen molar-refractivity contribution >= 4 is 88.5 Å². The van der Waals surface area contributed by atoms with Crippen molar-refractivity contribution in [1.29, 1.82) is 0 Å². The van der Waals surface area contributed by atoms with Gasteiger partial charge in [0.05, 0.1) is 39.5 Å². The van der Waals surface area contributed by atoms with E-state index in [4.69, 9.17) is 34.8 Å². The highest BCUT2D eigenvalue weighted by Gasteiger charge is 2.14. The highest BCUT2D eigenvalue weighted by Crippen LogP contribution is 2.35. The van der Waals surface area contributed by atoms with E-state index in [1.54, 1.807) is 24.8 Å². The van der Waals surface area contributed by atoms with Crippen LogP contribution in [0.15, 0.2) is 313 Å². The fourth-order valence-electron chi connectivity index (χ4n) is 9.36. The fourth-order valence-corrected chi connectivity index (χ4v) is 10.4. The van der Waals surface area contributed by atoms with Gasteiger partial charge < -0.3 is 0 Å². The van der Waals surface area contributed by atoms with E-state index in [-0.39, 0.29) is 15.9 Å². The molecule has 0 aliphatic carbocycles. The number of hydrogen-bond donors (Lipinski definition) is 0. The Bertz CT molecular complexity index is 4560. The van der Waals surface area contributed by atoms with Gasteiger partial charge in [-0.1, -0.05) is 231 Å². The van der Waals surface area contributed by atoms with Gasteiger partial charge in [-0.3, -0.25) is 19.9 Å². The fraction of sp³-hybridized carbons (Fsp3) is 0. The average molecular weight is 1370 g/mol. The van der Waals surface area contributed by atoms with Crippen molar-refractivity contribution in [2.75, 3.05) is 0 Å². The minimum Gasteiger partial charge on any atom is -0.255 e. The summed E-state index contributed by atoms with van der Waals surface area (Å²) in [4.78, 5) is 47.3. The van der Waals surface area contributed by atoms with Gasteiger partial charge in [0.15, 0.2) is 11.6 Å². The molecule has 8 aromatic carbocycles. The van der Waals surface area contributed by atoms with E-state index < -0.39 is 0 Å². The summed E-state index contributed by atoms with van der Waals surface area (Å²) in [5.74, 6) is 1.17. The normalized spacial score (nSPS) is 10.5. The molecule has 0 N–H and O–H groups in total. The highest BCUT2D eigenvalue weighted by molar-refractivity contribution is 9.10. The lowest BCUT2D eigenvalue weighted by molar-refractivity contribution is 1.07. The summed E-state index contributed by atoms with van der Waals surface area (Å²) in [5.41, 5.74) is 15.4. The van der Waals surface area contributed by atoms with Crippen molar-refractivity contribution in [3.05, 3.63) is 329 Å². The Labute approximate surface area is 558 Å². The quantitative estimate of drug-likeness (QED) is 0.134. The molecule has 0 aliphatic rings. The van der Waals surface area contributed by atoms with Crippen LogP contribution in [0.5, 0.6) is 0 Å². The Balaban J connectivity index is 0.000000118. The summed E-state index contributed by atoms with van der Waals surface area (Å²) in [6.07, 6.45) is 9.01. The Hall–Kier alpha value is -10.1. The third-order valence-corrected chi connectivity index (χ3v) is 15.1. The third-order valence-electron chi connectivity index (χ3n) is 13.7. The molecule has 0 unspecified atom stereocenters. The molecule has 440 valence electrons. The van der Waals surface area contributed by atoms with Gasteiger partial charge in [-0.05, 0) is 131 Å². The molecule has 0 bridgehead atoms. The molecule has 0 atom stereocenters. The van der Waals surface area contributed by atoms with E-state index in [9.17, 15) is 0 Å². The van der Waals surface area contributed by atoms with Gasteiger partial charge in [0, 0.05) is 78.9 Å². The molecule has 0 radical (unpaired) electrons. The van der Waals surface area contributed by atoms with Crippen molar-refractivity contribution < 1.29 is 0 Å². The van der Waals surface area contributed by atoms with Gasteiger partial charge in [0.1, 0.15) is 0 Å². The van der Waals surface area contributed by atoms with Crippen molar-refractivity contribution in [3.63, 3.8) is 0 Å². The van der Waals surface area contributed by atoms with Crippen LogP contribution in [-0.4, -0.2) is 54.8 Å². The summed E-state index contributed by atoms with van der Waals surface area (Å²) >= 11 is 24.8. The molecule has 0 fully saturated rings. The van der Waals surface area contributed by atoms with Gasteiger partial charge >= 0.3 is 0 Å². The molecule has 0 amide bonds. The summed E-state index contributed by atoms with van der Waals surface area (Å²) < 4.78 is 1.93. The van der Waals surface area contributed by atoms with Crippen molar-refractivity contribution in [1.82, 2.24) is 54.8 Å². The molecular weight excluding hydrogens is 1320 g/mol. The molecule has 11 nitrogen and oxygen atoms in total. The zero-order chi connectivity index (χ0) is 62.6. The van der Waals surface area contributed by atoms with Gasteiger partial charge in [-0.2, -0.15) is 9.97 Å². The number of halogens is 5. The molecule has 16 heteroatoms. The zero-order valence-corrected chi connectivity index (χ0v) is 53.6. The molecule has 0 saturated carbocycles. The van der Waals surface area contributed by atoms with Crippen LogP contribution in [0.2, 0.25) is 15.9 Å². The Morgan fingerprint density at radius 1 is 0.264 bits per heavy atom. The third kappa shape index (κ3) is 17.2. The summed E-state index contributed by atoms with van der Waals surface area (Å²) in [6.45, 7) is 0. The van der Waals surface area contributed by atoms with Crippen LogP contribution in [0.4, 0.5) is 0 Å². The van der Waals surface area contributed by atoms with E-state index in [1.165, 1.54) is 10.8 Å². The topological polar surface area (TPSA) is 142 Å². The van der Waals surface area contributed by atoms with E-state index in [0.29, 0.717) is 11.6 Å². The number of aromatic nitrogens is 11. The van der Waals surface area contributed by atoms with Gasteiger partial charge in [0.25, 0.3) is 0 Å². The maximum atomic E-state index is 6.05. The number of hydrogen-bond acceptors (Lipinski definition) is 11. The molecule has 0 aliphatic heterocycles. The lowest BCUT2D eigenvalue weighted by atomic mass is 9.96. The zero-order valence-electron chi connectivity index (χ0n) is 48.2. The minimum absolute atomic E-state index is 0.202. The first kappa shape index (κ1) is 62.5. The first-order valence-corrected chi connectivity index (χ1v) is 31.1. The maximum Gasteiger partial charge on any atom is 0.226 e. The van der Waals surface area contributed by atoms with Crippen LogP contribution >= 0.6 is 66.7 Å². The van der Waals surface area contributed by atoms with E-state index in [2.05, 4.69) is 135 Å². The largest absolute Gasteiger partial charge is 0.255 e. The predicted octanol–water partition coefficient (Wildman–Crippen LogP) is 20.9. The second-order valence-corrected chi connectivity index (χ2v) is 22.6. The Kier molecular flexibility index (Phi) is 21.5. The SMILES string of the molecule is Brc1ccc(-c2ccccn2)nc1.Brc1cnc2cc(-c3ccccc3)cnc2c1.Clc1nc(-c2ccccc2)cc(-c2ccccc2)n1.Clc1nc(-c2ccccc2)nc(-c2ccccc2)n1.Clc1ncc(-c2cccc3ccccc23)c(-c2ccccc2)n1. The van der Waals surface area contributed by atoms with Gasteiger partial charge in [-0.15, -0.1) is 0 Å².